The van der Waals surface area contributed by atoms with Crippen LogP contribution in [-0.2, 0) is 6.18 Å². The highest BCUT2D eigenvalue weighted by Crippen LogP contribution is 2.30. The van der Waals surface area contributed by atoms with Gasteiger partial charge in [0.1, 0.15) is 0 Å². The normalized spacial score (nSPS) is 16.7. The van der Waals surface area contributed by atoms with Crippen molar-refractivity contribution in [2.24, 2.45) is 0 Å². The Morgan fingerprint density at radius 2 is 1.94 bits per heavy atom. The zero-order valence-electron chi connectivity index (χ0n) is 9.37. The van der Waals surface area contributed by atoms with Crippen molar-refractivity contribution in [1.82, 2.24) is 15.5 Å². The molecule has 0 bridgehead atoms. The van der Waals surface area contributed by atoms with Crippen molar-refractivity contribution in [2.45, 2.75) is 6.18 Å². The van der Waals surface area contributed by atoms with Gasteiger partial charge in [0.05, 0.1) is 5.56 Å². The Morgan fingerprint density at radius 1 is 1.28 bits per heavy atom. The topological polar surface area (TPSA) is 58.1 Å². The van der Waals surface area contributed by atoms with Crippen molar-refractivity contribution in [2.75, 3.05) is 31.1 Å². The van der Waals surface area contributed by atoms with Crippen LogP contribution in [-0.4, -0.2) is 42.7 Å². The SMILES string of the molecule is O=Cc1cc(N2CCNCC2)nnc1C(F)(F)F. The van der Waals surface area contributed by atoms with Crippen molar-refractivity contribution >= 4 is 12.1 Å². The molecule has 2 heterocycles. The molecule has 5 nitrogen and oxygen atoms in total. The minimum Gasteiger partial charge on any atom is -0.353 e. The number of alkyl halides is 3. The van der Waals surface area contributed by atoms with E-state index in [-0.39, 0.29) is 6.29 Å². The quantitative estimate of drug-likeness (QED) is 0.794. The van der Waals surface area contributed by atoms with Crippen LogP contribution in [0.1, 0.15) is 16.1 Å². The third-order valence-electron chi connectivity index (χ3n) is 2.65. The molecule has 1 aromatic heterocycles. The zero-order valence-corrected chi connectivity index (χ0v) is 9.37. The lowest BCUT2D eigenvalue weighted by atomic mass is 10.2. The maximum atomic E-state index is 12.5. The Labute approximate surface area is 101 Å². The van der Waals surface area contributed by atoms with Crippen LogP contribution in [0, 0.1) is 0 Å². The van der Waals surface area contributed by atoms with Crippen molar-refractivity contribution in [3.63, 3.8) is 0 Å². The molecule has 0 atom stereocenters. The van der Waals surface area contributed by atoms with Crippen molar-refractivity contribution in [1.29, 1.82) is 0 Å². The molecule has 0 aliphatic carbocycles. The standard InChI is InChI=1S/C10H11F3N4O/c11-10(12,13)9-7(6-18)5-8(15-16-9)17-3-1-14-2-4-17/h5-6,14H,1-4H2. The van der Waals surface area contributed by atoms with Gasteiger partial charge in [-0.15, -0.1) is 10.2 Å². The summed E-state index contributed by atoms with van der Waals surface area (Å²) < 4.78 is 37.6. The first-order valence-electron chi connectivity index (χ1n) is 5.38. The second kappa shape index (κ2) is 4.89. The second-order valence-electron chi connectivity index (χ2n) is 3.86. The number of carbonyl (C=O) groups is 1. The van der Waals surface area contributed by atoms with E-state index in [1.54, 1.807) is 4.90 Å². The molecule has 1 aromatic rings. The fourth-order valence-electron chi connectivity index (χ4n) is 1.75. The number of piperazine rings is 1. The summed E-state index contributed by atoms with van der Waals surface area (Å²) in [6, 6.07) is 1.13. The lowest BCUT2D eigenvalue weighted by molar-refractivity contribution is -0.142. The first kappa shape index (κ1) is 12.7. The number of hydrogen-bond acceptors (Lipinski definition) is 5. The van der Waals surface area contributed by atoms with Crippen LogP contribution in [0.3, 0.4) is 0 Å². The van der Waals surface area contributed by atoms with Crippen LogP contribution >= 0.6 is 0 Å². The smallest absolute Gasteiger partial charge is 0.353 e. The van der Waals surface area contributed by atoms with E-state index in [1.165, 1.54) is 0 Å². The van der Waals surface area contributed by atoms with Crippen LogP contribution in [0.25, 0.3) is 0 Å². The molecule has 8 heteroatoms. The molecule has 0 spiro atoms. The van der Waals surface area contributed by atoms with Gasteiger partial charge in [-0.25, -0.2) is 0 Å². The molecule has 0 radical (unpaired) electrons. The van der Waals surface area contributed by atoms with Crippen molar-refractivity contribution < 1.29 is 18.0 Å². The number of rotatable bonds is 2. The maximum absolute atomic E-state index is 12.5. The molecule has 1 N–H and O–H groups in total. The van der Waals surface area contributed by atoms with Gasteiger partial charge in [-0.3, -0.25) is 4.79 Å². The van der Waals surface area contributed by atoms with Crippen LogP contribution in [0.15, 0.2) is 6.07 Å². The van der Waals surface area contributed by atoms with Gasteiger partial charge < -0.3 is 10.2 Å². The second-order valence-corrected chi connectivity index (χ2v) is 3.86. The van der Waals surface area contributed by atoms with E-state index in [4.69, 9.17) is 0 Å². The van der Waals surface area contributed by atoms with Gasteiger partial charge in [-0.2, -0.15) is 13.2 Å². The minimum absolute atomic E-state index is 0.156. The summed E-state index contributed by atoms with van der Waals surface area (Å²) in [6.45, 7) is 2.69. The maximum Gasteiger partial charge on any atom is 0.435 e. The lowest BCUT2D eigenvalue weighted by Crippen LogP contribution is -2.44. The van der Waals surface area contributed by atoms with E-state index in [0.717, 1.165) is 19.2 Å². The Balaban J connectivity index is 2.32. The zero-order chi connectivity index (χ0) is 13.2. The lowest BCUT2D eigenvalue weighted by Gasteiger charge is -2.28. The number of aldehydes is 1. The average Bonchev–Trinajstić information content (AvgIpc) is 2.38. The first-order valence-corrected chi connectivity index (χ1v) is 5.38. The van der Waals surface area contributed by atoms with Crippen LogP contribution in [0.2, 0.25) is 0 Å². The molecule has 1 aliphatic rings. The van der Waals surface area contributed by atoms with E-state index < -0.39 is 17.4 Å². The van der Waals surface area contributed by atoms with E-state index in [2.05, 4.69) is 15.5 Å². The number of aromatic nitrogens is 2. The highest BCUT2D eigenvalue weighted by molar-refractivity contribution is 5.78. The molecule has 0 unspecified atom stereocenters. The van der Waals surface area contributed by atoms with E-state index in [9.17, 15) is 18.0 Å². The summed E-state index contributed by atoms with van der Waals surface area (Å²) in [5.41, 5.74) is -1.72. The number of halogens is 3. The Bertz CT molecular complexity index is 443. The van der Waals surface area contributed by atoms with Crippen LogP contribution in [0.5, 0.6) is 0 Å². The monoisotopic (exact) mass is 260 g/mol. The van der Waals surface area contributed by atoms with Crippen LogP contribution < -0.4 is 10.2 Å². The third kappa shape index (κ3) is 2.58. The predicted octanol–water partition coefficient (Wildman–Crippen LogP) is 0.718. The number of nitrogens with zero attached hydrogens (tertiary/aromatic N) is 3. The predicted molar refractivity (Wildman–Crippen MR) is 57.5 cm³/mol. The van der Waals surface area contributed by atoms with E-state index >= 15 is 0 Å². The number of nitrogens with one attached hydrogen (secondary N) is 1. The Hall–Kier alpha value is -1.70. The summed E-state index contributed by atoms with van der Waals surface area (Å²) in [6.07, 6.45) is -4.51. The summed E-state index contributed by atoms with van der Waals surface area (Å²) in [5, 5.41) is 9.78. The van der Waals surface area contributed by atoms with Gasteiger partial charge in [0, 0.05) is 26.2 Å². The molecule has 18 heavy (non-hydrogen) atoms. The highest BCUT2D eigenvalue weighted by atomic mass is 19.4. The van der Waals surface area contributed by atoms with E-state index in [0.29, 0.717) is 18.9 Å². The molecular formula is C10H11F3N4O. The molecule has 98 valence electrons. The molecule has 0 saturated carbocycles. The van der Waals surface area contributed by atoms with Crippen LogP contribution in [0.4, 0.5) is 19.0 Å². The summed E-state index contributed by atoms with van der Waals surface area (Å²) in [4.78, 5) is 12.5. The molecule has 0 aromatic carbocycles. The molecule has 0 amide bonds. The third-order valence-corrected chi connectivity index (χ3v) is 2.65. The fraction of sp³-hybridized carbons (Fsp3) is 0.500. The molecule has 1 fully saturated rings. The van der Waals surface area contributed by atoms with Crippen molar-refractivity contribution in [3.8, 4) is 0 Å². The Morgan fingerprint density at radius 3 is 2.50 bits per heavy atom. The van der Waals surface area contributed by atoms with Gasteiger partial charge in [0.2, 0.25) is 0 Å². The summed E-state index contributed by atoms with van der Waals surface area (Å²) in [7, 11) is 0. The highest BCUT2D eigenvalue weighted by Gasteiger charge is 2.36. The van der Waals surface area contributed by atoms with Gasteiger partial charge in [-0.05, 0) is 6.07 Å². The van der Waals surface area contributed by atoms with Gasteiger partial charge in [-0.1, -0.05) is 0 Å². The first-order chi connectivity index (χ1) is 8.52. The van der Waals surface area contributed by atoms with Gasteiger partial charge in [0.15, 0.2) is 17.8 Å². The largest absolute Gasteiger partial charge is 0.435 e. The molecule has 1 aliphatic heterocycles. The molecular weight excluding hydrogens is 249 g/mol. The molecule has 1 saturated heterocycles. The number of carbonyl (C=O) groups excluding carboxylic acids is 1. The average molecular weight is 260 g/mol. The van der Waals surface area contributed by atoms with Gasteiger partial charge >= 0.3 is 6.18 Å². The number of anilines is 1. The fourth-order valence-corrected chi connectivity index (χ4v) is 1.75. The summed E-state index contributed by atoms with van der Waals surface area (Å²) in [5.74, 6) is 0.298. The van der Waals surface area contributed by atoms with Crippen molar-refractivity contribution in [3.05, 3.63) is 17.3 Å². The molecule has 2 rings (SSSR count). The minimum atomic E-state index is -4.66. The van der Waals surface area contributed by atoms with Gasteiger partial charge in [0.25, 0.3) is 0 Å². The Kier molecular flexibility index (Phi) is 3.46. The number of hydrogen-bond donors (Lipinski definition) is 1. The van der Waals surface area contributed by atoms with E-state index in [1.807, 2.05) is 0 Å². The summed E-state index contributed by atoms with van der Waals surface area (Å²) >= 11 is 0.